The van der Waals surface area contributed by atoms with Crippen LogP contribution in [0.25, 0.3) is 27.9 Å². The highest BCUT2D eigenvalue weighted by Gasteiger charge is 2.08. The van der Waals surface area contributed by atoms with Crippen molar-refractivity contribution in [1.82, 2.24) is 9.97 Å². The lowest BCUT2D eigenvalue weighted by Crippen LogP contribution is -2.02. The Balaban J connectivity index is 1.48. The number of halogens is 1. The number of thioether (sulfide) groups is 1. The molecule has 0 spiro atoms. The molecule has 4 nitrogen and oxygen atoms in total. The zero-order valence-electron chi connectivity index (χ0n) is 15.6. The first-order valence-electron chi connectivity index (χ1n) is 8.96. The highest BCUT2D eigenvalue weighted by Crippen LogP contribution is 2.25. The largest absolute Gasteiger partial charge is 0.458 e. The maximum absolute atomic E-state index is 12.2. The Labute approximate surface area is 177 Å². The van der Waals surface area contributed by atoms with Gasteiger partial charge in [0.05, 0.1) is 11.0 Å². The lowest BCUT2D eigenvalue weighted by atomic mass is 10.1. The van der Waals surface area contributed by atoms with Gasteiger partial charge in [-0.3, -0.25) is 4.98 Å². The van der Waals surface area contributed by atoms with Crippen molar-refractivity contribution in [2.75, 3.05) is 6.26 Å². The van der Waals surface area contributed by atoms with Crippen molar-refractivity contribution in [1.29, 1.82) is 0 Å². The molecule has 29 heavy (non-hydrogen) atoms. The molecule has 0 saturated carbocycles. The molecular formula is C23H17ClN2O2S. The van der Waals surface area contributed by atoms with E-state index in [2.05, 4.69) is 9.97 Å². The van der Waals surface area contributed by atoms with Crippen LogP contribution in [0, 0.1) is 0 Å². The number of ether oxygens (including phenoxy) is 1. The van der Waals surface area contributed by atoms with Crippen molar-refractivity contribution in [2.45, 2.75) is 11.5 Å². The van der Waals surface area contributed by atoms with E-state index in [1.165, 1.54) is 6.08 Å². The molecule has 0 bridgehead atoms. The molecule has 0 aliphatic rings. The molecule has 4 aromatic rings. The second-order valence-electron chi connectivity index (χ2n) is 6.36. The fourth-order valence-electron chi connectivity index (χ4n) is 3.01. The van der Waals surface area contributed by atoms with Crippen molar-refractivity contribution in [3.8, 4) is 0 Å². The van der Waals surface area contributed by atoms with Crippen LogP contribution < -0.4 is 0 Å². The van der Waals surface area contributed by atoms with Gasteiger partial charge >= 0.3 is 5.97 Å². The molecule has 144 valence electrons. The molecule has 0 fully saturated rings. The second-order valence-corrected chi connectivity index (χ2v) is 7.60. The summed E-state index contributed by atoms with van der Waals surface area (Å²) in [5.41, 5.74) is 3.19. The van der Waals surface area contributed by atoms with E-state index >= 15 is 0 Å². The van der Waals surface area contributed by atoms with Gasteiger partial charge in [0.15, 0.2) is 0 Å². The second kappa shape index (κ2) is 8.64. The molecular weight excluding hydrogens is 404 g/mol. The van der Waals surface area contributed by atoms with Crippen LogP contribution in [-0.2, 0) is 16.1 Å². The van der Waals surface area contributed by atoms with Crippen LogP contribution in [0.15, 0.2) is 71.8 Å². The first-order chi connectivity index (χ1) is 14.1. The molecule has 0 atom stereocenters. The number of nitrogens with zero attached hydrogens (tertiary/aromatic N) is 2. The molecule has 0 amide bonds. The summed E-state index contributed by atoms with van der Waals surface area (Å²) in [5.74, 6) is -0.452. The molecule has 0 N–H and O–H groups in total. The third kappa shape index (κ3) is 4.42. The first-order valence-corrected chi connectivity index (χ1v) is 10.6. The Bertz CT molecular complexity index is 1230. The third-order valence-electron chi connectivity index (χ3n) is 4.48. The molecule has 2 aromatic carbocycles. The summed E-state index contributed by atoms with van der Waals surface area (Å²) in [7, 11) is 0. The van der Waals surface area contributed by atoms with Crippen molar-refractivity contribution in [2.24, 2.45) is 0 Å². The van der Waals surface area contributed by atoms with E-state index in [4.69, 9.17) is 16.3 Å². The highest BCUT2D eigenvalue weighted by molar-refractivity contribution is 7.98. The Morgan fingerprint density at radius 2 is 2.00 bits per heavy atom. The number of carbonyl (C=O) groups is 1. The minimum atomic E-state index is -0.452. The Morgan fingerprint density at radius 1 is 1.14 bits per heavy atom. The molecule has 6 heteroatoms. The first kappa shape index (κ1) is 19.4. The summed E-state index contributed by atoms with van der Waals surface area (Å²) < 4.78 is 5.36. The number of benzene rings is 2. The predicted octanol–water partition coefficient (Wildman–Crippen LogP) is 5.91. The van der Waals surface area contributed by atoms with Gasteiger partial charge in [0.1, 0.15) is 11.8 Å². The number of hydrogen-bond donors (Lipinski definition) is 0. The van der Waals surface area contributed by atoms with Crippen molar-refractivity contribution in [3.63, 3.8) is 0 Å². The topological polar surface area (TPSA) is 52.1 Å². The average Bonchev–Trinajstić information content (AvgIpc) is 2.75. The third-order valence-corrected chi connectivity index (χ3v) is 5.54. The van der Waals surface area contributed by atoms with Gasteiger partial charge in [-0.1, -0.05) is 41.9 Å². The average molecular weight is 421 g/mol. The van der Waals surface area contributed by atoms with E-state index in [0.29, 0.717) is 10.7 Å². The fourth-order valence-corrected chi connectivity index (χ4v) is 3.65. The molecule has 0 aliphatic heterocycles. The van der Waals surface area contributed by atoms with Crippen LogP contribution in [0.5, 0.6) is 0 Å². The number of esters is 1. The van der Waals surface area contributed by atoms with E-state index < -0.39 is 5.97 Å². The molecule has 0 aliphatic carbocycles. The summed E-state index contributed by atoms with van der Waals surface area (Å²) in [5, 5.41) is 2.31. The Kier molecular flexibility index (Phi) is 5.79. The van der Waals surface area contributed by atoms with E-state index in [-0.39, 0.29) is 6.61 Å². The van der Waals surface area contributed by atoms with Gasteiger partial charge in [-0.25, -0.2) is 9.78 Å². The number of aromatic nitrogens is 2. The SMILES string of the molecule is CSc1ccc2cc(COC(=O)/C=C/c3cccc4cccnc34)c(Cl)nc2c1. The lowest BCUT2D eigenvalue weighted by Gasteiger charge is -2.07. The van der Waals surface area contributed by atoms with Gasteiger partial charge < -0.3 is 4.74 Å². The monoisotopic (exact) mass is 420 g/mol. The summed E-state index contributed by atoms with van der Waals surface area (Å²) in [4.78, 5) is 22.1. The molecule has 0 radical (unpaired) electrons. The number of rotatable bonds is 5. The number of para-hydroxylation sites is 1. The molecule has 4 rings (SSSR count). The Hall–Kier alpha value is -2.89. The maximum atomic E-state index is 12.2. The Morgan fingerprint density at radius 3 is 2.86 bits per heavy atom. The highest BCUT2D eigenvalue weighted by atomic mass is 35.5. The van der Waals surface area contributed by atoms with Gasteiger partial charge in [0.25, 0.3) is 0 Å². The van der Waals surface area contributed by atoms with E-state index in [1.807, 2.05) is 60.9 Å². The van der Waals surface area contributed by atoms with Crippen LogP contribution in [0.1, 0.15) is 11.1 Å². The quantitative estimate of drug-likeness (QED) is 0.174. The molecule has 2 heterocycles. The van der Waals surface area contributed by atoms with Crippen LogP contribution in [0.2, 0.25) is 5.15 Å². The van der Waals surface area contributed by atoms with Crippen molar-refractivity contribution < 1.29 is 9.53 Å². The summed E-state index contributed by atoms with van der Waals surface area (Å²) in [6.07, 6.45) is 6.85. The van der Waals surface area contributed by atoms with Gasteiger partial charge in [-0.05, 0) is 36.6 Å². The van der Waals surface area contributed by atoms with Crippen molar-refractivity contribution in [3.05, 3.63) is 83.2 Å². The summed E-state index contributed by atoms with van der Waals surface area (Å²) in [6, 6.07) is 17.6. The van der Waals surface area contributed by atoms with Crippen LogP contribution in [0.4, 0.5) is 0 Å². The summed E-state index contributed by atoms with van der Waals surface area (Å²) >= 11 is 7.93. The zero-order valence-corrected chi connectivity index (χ0v) is 17.2. The van der Waals surface area contributed by atoms with Crippen LogP contribution >= 0.6 is 23.4 Å². The normalized spacial score (nSPS) is 11.4. The number of pyridine rings is 2. The number of hydrogen-bond acceptors (Lipinski definition) is 5. The lowest BCUT2D eigenvalue weighted by molar-refractivity contribution is -0.138. The van der Waals surface area contributed by atoms with Gasteiger partial charge in [0, 0.05) is 39.1 Å². The zero-order chi connectivity index (χ0) is 20.2. The standard InChI is InChI=1S/C23H17ClN2O2S/c1-29-19-9-7-17-12-18(23(24)26-20(17)13-19)14-28-21(27)10-8-16-5-2-4-15-6-3-11-25-22(15)16/h2-13H,14H2,1H3/b10-8+. The predicted molar refractivity (Wildman–Crippen MR) is 119 cm³/mol. The minimum absolute atomic E-state index is 0.0585. The van der Waals surface area contributed by atoms with Gasteiger partial charge in [-0.2, -0.15) is 0 Å². The van der Waals surface area contributed by atoms with Gasteiger partial charge in [0.2, 0.25) is 0 Å². The van der Waals surface area contributed by atoms with E-state index in [0.717, 1.165) is 32.3 Å². The fraction of sp³-hybridized carbons (Fsp3) is 0.0870. The van der Waals surface area contributed by atoms with Gasteiger partial charge in [-0.15, -0.1) is 11.8 Å². The maximum Gasteiger partial charge on any atom is 0.331 e. The van der Waals surface area contributed by atoms with E-state index in [1.54, 1.807) is 24.0 Å². The summed E-state index contributed by atoms with van der Waals surface area (Å²) in [6.45, 7) is 0.0585. The molecule has 0 unspecified atom stereocenters. The minimum Gasteiger partial charge on any atom is -0.458 e. The number of carbonyl (C=O) groups excluding carboxylic acids is 1. The molecule has 0 saturated heterocycles. The van der Waals surface area contributed by atoms with Crippen LogP contribution in [0.3, 0.4) is 0 Å². The number of fused-ring (bicyclic) bond motifs is 2. The smallest absolute Gasteiger partial charge is 0.331 e. The van der Waals surface area contributed by atoms with Crippen molar-refractivity contribution >= 4 is 57.2 Å². The molecule has 2 aromatic heterocycles. The van der Waals surface area contributed by atoms with E-state index in [9.17, 15) is 4.79 Å². The van der Waals surface area contributed by atoms with Crippen LogP contribution in [-0.4, -0.2) is 22.2 Å².